The summed E-state index contributed by atoms with van der Waals surface area (Å²) in [5, 5.41) is 9.53. The fraction of sp³-hybridized carbons (Fsp3) is 0.0435. The van der Waals surface area contributed by atoms with Crippen LogP contribution in [0.15, 0.2) is 84.0 Å². The van der Waals surface area contributed by atoms with Crippen molar-refractivity contribution in [3.8, 4) is 11.1 Å². The largest absolute Gasteiger partial charge is 0.344 e. The van der Waals surface area contributed by atoms with E-state index in [1.165, 1.54) is 0 Å². The first kappa shape index (κ1) is 22.4. The van der Waals surface area contributed by atoms with Crippen LogP contribution in [-0.2, 0) is 0 Å². The van der Waals surface area contributed by atoms with Gasteiger partial charge in [0.05, 0.1) is 11.2 Å². The summed E-state index contributed by atoms with van der Waals surface area (Å²) in [6, 6.07) is 17.3. The van der Waals surface area contributed by atoms with Gasteiger partial charge in [0, 0.05) is 29.2 Å². The summed E-state index contributed by atoms with van der Waals surface area (Å²) in [4.78, 5) is -0.0129. The number of pyridine rings is 1. The molecule has 176 valence electrons. The van der Waals surface area contributed by atoms with E-state index in [9.17, 15) is 19.4 Å². The zero-order valence-corrected chi connectivity index (χ0v) is 19.0. The van der Waals surface area contributed by atoms with Gasteiger partial charge in [0.1, 0.15) is 11.2 Å². The maximum atomic E-state index is 13.1. The second-order valence-corrected chi connectivity index (χ2v) is 10.7. The van der Waals surface area contributed by atoms with E-state index in [1.807, 2.05) is 34.5 Å². The number of rotatable bonds is 4. The Hall–Kier alpha value is -3.37. The molecule has 0 saturated heterocycles. The highest BCUT2D eigenvalue weighted by molar-refractivity contribution is 8.45. The Morgan fingerprint density at radius 3 is 2.29 bits per heavy atom. The second kappa shape index (κ2) is 6.83. The number of benzene rings is 3. The maximum Gasteiger partial charge on any atom is 0.310 e. The van der Waals surface area contributed by atoms with Gasteiger partial charge in [-0.2, -0.15) is 0 Å². The molecule has 0 aliphatic heterocycles. The molecule has 3 aromatic carbocycles. The topological polar surface area (TPSA) is 33.4 Å². The van der Waals surface area contributed by atoms with Gasteiger partial charge in [0.25, 0.3) is 0 Å². The second-order valence-electron chi connectivity index (χ2n) is 7.85. The highest BCUT2D eigenvalue weighted by atomic mass is 35.5. The van der Waals surface area contributed by atoms with Gasteiger partial charge in [-0.1, -0.05) is 55.3 Å². The molecule has 0 spiro atoms. The van der Waals surface area contributed by atoms with Crippen molar-refractivity contribution < 1.29 is 19.4 Å². The lowest BCUT2D eigenvalue weighted by Gasteiger charge is -2.40. The van der Waals surface area contributed by atoms with Gasteiger partial charge in [-0.3, -0.25) is 4.40 Å². The molecule has 0 amide bonds. The normalized spacial score (nSPS) is 14.2. The summed E-state index contributed by atoms with van der Waals surface area (Å²) < 4.78 is 67.1. The summed E-state index contributed by atoms with van der Waals surface area (Å²) in [5.41, 5.74) is 3.91. The van der Waals surface area contributed by atoms with Crippen LogP contribution in [-0.4, -0.2) is 21.6 Å². The van der Waals surface area contributed by atoms with Gasteiger partial charge >= 0.3 is 10.2 Å². The molecule has 0 fully saturated rings. The van der Waals surface area contributed by atoms with Crippen LogP contribution < -0.4 is 4.90 Å². The Labute approximate surface area is 195 Å². The molecule has 0 aliphatic carbocycles. The van der Waals surface area contributed by atoms with Gasteiger partial charge in [-0.05, 0) is 53.6 Å². The van der Waals surface area contributed by atoms with Crippen LogP contribution >= 0.6 is 21.8 Å². The van der Waals surface area contributed by atoms with Crippen LogP contribution in [0.4, 0.5) is 30.8 Å². The standard InChI is InChI=1S/C23H16ClF5N4S/c1-32(21-13-23-31-30-14-33(23)22-12-17(24)7-10-20(21)22)18-4-2-3-16(11-18)15-5-8-19(9-6-15)34(25,26,27,28)29/h2-14H,1H3. The number of anilines is 2. The first-order valence-corrected chi connectivity index (χ1v) is 12.2. The predicted molar refractivity (Wildman–Crippen MR) is 127 cm³/mol. The fourth-order valence-corrected chi connectivity index (χ4v) is 4.68. The van der Waals surface area contributed by atoms with Crippen molar-refractivity contribution in [3.63, 3.8) is 0 Å². The molecule has 0 unspecified atom stereocenters. The van der Waals surface area contributed by atoms with Gasteiger partial charge in [0.15, 0.2) is 5.65 Å². The van der Waals surface area contributed by atoms with Gasteiger partial charge < -0.3 is 4.90 Å². The Morgan fingerprint density at radius 2 is 1.59 bits per heavy atom. The maximum absolute atomic E-state index is 13.1. The Kier molecular flexibility index (Phi) is 4.50. The van der Waals surface area contributed by atoms with Crippen molar-refractivity contribution in [1.29, 1.82) is 0 Å². The van der Waals surface area contributed by atoms with Crippen molar-refractivity contribution in [2.75, 3.05) is 11.9 Å². The molecule has 5 aromatic rings. The predicted octanol–water partition coefficient (Wildman–Crippen LogP) is 8.63. The Morgan fingerprint density at radius 1 is 0.853 bits per heavy atom. The number of aromatic nitrogens is 3. The third-order valence-electron chi connectivity index (χ3n) is 5.56. The minimum atomic E-state index is -9.72. The minimum absolute atomic E-state index is 0.380. The molecule has 11 heteroatoms. The van der Waals surface area contributed by atoms with Crippen molar-refractivity contribution in [2.24, 2.45) is 0 Å². The fourth-order valence-electron chi connectivity index (χ4n) is 3.86. The van der Waals surface area contributed by atoms with Gasteiger partial charge in [0.2, 0.25) is 0 Å². The van der Waals surface area contributed by atoms with E-state index in [4.69, 9.17) is 11.6 Å². The van der Waals surface area contributed by atoms with Crippen LogP contribution in [0.25, 0.3) is 27.7 Å². The van der Waals surface area contributed by atoms with E-state index in [2.05, 4.69) is 10.2 Å². The molecule has 0 saturated carbocycles. The van der Waals surface area contributed by atoms with Crippen LogP contribution in [0, 0.1) is 0 Å². The number of hydrogen-bond donors (Lipinski definition) is 0. The zero-order valence-electron chi connectivity index (χ0n) is 17.5. The quantitative estimate of drug-likeness (QED) is 0.227. The van der Waals surface area contributed by atoms with Crippen molar-refractivity contribution >= 4 is 49.7 Å². The van der Waals surface area contributed by atoms with Crippen LogP contribution in [0.1, 0.15) is 0 Å². The van der Waals surface area contributed by atoms with Crippen LogP contribution in [0.2, 0.25) is 5.02 Å². The van der Waals surface area contributed by atoms with Crippen molar-refractivity contribution in [1.82, 2.24) is 14.6 Å². The molecule has 0 atom stereocenters. The molecule has 0 aliphatic rings. The molecule has 5 rings (SSSR count). The summed E-state index contributed by atoms with van der Waals surface area (Å²) >= 11 is 6.20. The zero-order chi connectivity index (χ0) is 24.4. The lowest BCUT2D eigenvalue weighted by Crippen LogP contribution is -2.11. The smallest absolute Gasteiger partial charge is 0.310 e. The molecule has 2 aromatic heterocycles. The van der Waals surface area contributed by atoms with Crippen LogP contribution in [0.3, 0.4) is 0 Å². The lowest BCUT2D eigenvalue weighted by atomic mass is 10.0. The first-order valence-electron chi connectivity index (χ1n) is 9.90. The summed E-state index contributed by atoms with van der Waals surface area (Å²) in [5.74, 6) is 0. The van der Waals surface area contributed by atoms with Gasteiger partial charge in [-0.15, -0.1) is 10.2 Å². The molecular weight excluding hydrogens is 495 g/mol. The van der Waals surface area contributed by atoms with E-state index in [1.54, 1.807) is 36.7 Å². The molecule has 4 nitrogen and oxygen atoms in total. The van der Waals surface area contributed by atoms with E-state index in [-0.39, 0.29) is 0 Å². The number of halogens is 6. The average molecular weight is 511 g/mol. The highest BCUT2D eigenvalue weighted by Crippen LogP contribution is 3.02. The first-order chi connectivity index (χ1) is 15.8. The summed E-state index contributed by atoms with van der Waals surface area (Å²) in [6.07, 6.45) is 1.59. The lowest BCUT2D eigenvalue weighted by molar-refractivity contribution is 0.364. The molecule has 0 bridgehead atoms. The Bertz CT molecular complexity index is 1570. The van der Waals surface area contributed by atoms with Crippen molar-refractivity contribution in [2.45, 2.75) is 4.90 Å². The van der Waals surface area contributed by atoms with Crippen molar-refractivity contribution in [3.05, 3.63) is 84.1 Å². The molecule has 34 heavy (non-hydrogen) atoms. The highest BCUT2D eigenvalue weighted by Gasteiger charge is 2.65. The number of hydrogen-bond acceptors (Lipinski definition) is 3. The monoisotopic (exact) mass is 510 g/mol. The number of fused-ring (bicyclic) bond motifs is 3. The number of nitrogens with zero attached hydrogens (tertiary/aromatic N) is 4. The summed E-state index contributed by atoms with van der Waals surface area (Å²) in [6.45, 7) is 0. The molecule has 0 N–H and O–H groups in total. The third kappa shape index (κ3) is 4.03. The minimum Gasteiger partial charge on any atom is -0.344 e. The molecule has 0 radical (unpaired) electrons. The van der Waals surface area contributed by atoms with E-state index >= 15 is 0 Å². The average Bonchev–Trinajstić information content (AvgIpc) is 3.26. The van der Waals surface area contributed by atoms with E-state index in [0.29, 0.717) is 33.9 Å². The SMILES string of the molecule is CN(c1cccc(-c2ccc(S(F)(F)(F)(F)F)cc2)c1)c1cc2nncn2c2cc(Cl)ccc12. The van der Waals surface area contributed by atoms with E-state index < -0.39 is 15.1 Å². The third-order valence-corrected chi connectivity index (χ3v) is 6.96. The molecule has 2 heterocycles. The Balaban J connectivity index is 1.57. The van der Waals surface area contributed by atoms with E-state index in [0.717, 1.165) is 34.4 Å². The summed E-state index contributed by atoms with van der Waals surface area (Å²) in [7, 11) is -7.88. The van der Waals surface area contributed by atoms with Gasteiger partial charge in [-0.25, -0.2) is 0 Å². The van der Waals surface area contributed by atoms with Crippen LogP contribution in [0.5, 0.6) is 0 Å². The molecular formula is C23H16ClF5N4S.